The Labute approximate surface area is 154 Å². The zero-order valence-corrected chi connectivity index (χ0v) is 15.2. The Kier molecular flexibility index (Phi) is 4.85. The summed E-state index contributed by atoms with van der Waals surface area (Å²) in [6.45, 7) is 3.46. The average molecular weight is 356 g/mol. The molecule has 0 radical (unpaired) electrons. The van der Waals surface area contributed by atoms with Gasteiger partial charge in [0.1, 0.15) is 0 Å². The van der Waals surface area contributed by atoms with E-state index in [0.717, 1.165) is 25.9 Å². The summed E-state index contributed by atoms with van der Waals surface area (Å²) in [5.41, 5.74) is 7.96. The van der Waals surface area contributed by atoms with Gasteiger partial charge >= 0.3 is 11.8 Å². The van der Waals surface area contributed by atoms with Gasteiger partial charge < -0.3 is 20.9 Å². The summed E-state index contributed by atoms with van der Waals surface area (Å²) < 4.78 is 0. The largest absolute Gasteiger partial charge is 0.372 e. The molecule has 0 spiro atoms. The van der Waals surface area contributed by atoms with Gasteiger partial charge in [0.15, 0.2) is 0 Å². The zero-order chi connectivity index (χ0) is 18.1. The third kappa shape index (κ3) is 3.43. The van der Waals surface area contributed by atoms with Crippen LogP contribution in [0.5, 0.6) is 0 Å². The molecule has 2 heterocycles. The Bertz CT molecular complexity index is 669. The van der Waals surface area contributed by atoms with E-state index in [0.29, 0.717) is 30.6 Å². The molecule has 1 aromatic rings. The Morgan fingerprint density at radius 3 is 2.42 bits per heavy atom. The van der Waals surface area contributed by atoms with Crippen molar-refractivity contribution in [3.05, 3.63) is 24.3 Å². The Morgan fingerprint density at radius 2 is 1.73 bits per heavy atom. The number of carbonyl (C=O) groups excluding carboxylic acids is 2. The molecule has 3 atom stereocenters. The van der Waals surface area contributed by atoms with Gasteiger partial charge in [0.05, 0.1) is 0 Å². The summed E-state index contributed by atoms with van der Waals surface area (Å²) in [7, 11) is 0. The number of hydrogen-bond acceptors (Lipinski definition) is 4. The second-order valence-electron chi connectivity index (χ2n) is 7.92. The van der Waals surface area contributed by atoms with Gasteiger partial charge in [-0.15, -0.1) is 0 Å². The first-order valence-corrected chi connectivity index (χ1v) is 9.82. The van der Waals surface area contributed by atoms with E-state index in [2.05, 4.69) is 10.2 Å². The van der Waals surface area contributed by atoms with E-state index in [1.165, 1.54) is 24.9 Å². The van der Waals surface area contributed by atoms with Crippen LogP contribution in [0.4, 0.5) is 11.4 Å². The summed E-state index contributed by atoms with van der Waals surface area (Å²) in [4.78, 5) is 28.8. The summed E-state index contributed by atoms with van der Waals surface area (Å²) in [6.07, 6.45) is 5.86. The fourth-order valence-electron chi connectivity index (χ4n) is 4.71. The van der Waals surface area contributed by atoms with Crippen LogP contribution in [0.25, 0.3) is 0 Å². The highest BCUT2D eigenvalue weighted by Gasteiger charge is 2.43. The van der Waals surface area contributed by atoms with Crippen molar-refractivity contribution in [2.45, 2.75) is 38.1 Å². The summed E-state index contributed by atoms with van der Waals surface area (Å²) >= 11 is 0. The molecular weight excluding hydrogens is 328 g/mol. The number of fused-ring (bicyclic) bond motifs is 1. The third-order valence-corrected chi connectivity index (χ3v) is 6.24. The number of nitrogens with one attached hydrogen (secondary N) is 1. The topological polar surface area (TPSA) is 78.7 Å². The lowest BCUT2D eigenvalue weighted by Gasteiger charge is -2.28. The van der Waals surface area contributed by atoms with Gasteiger partial charge in [0, 0.05) is 43.6 Å². The van der Waals surface area contributed by atoms with Gasteiger partial charge in [-0.2, -0.15) is 0 Å². The molecule has 1 aromatic carbocycles. The van der Waals surface area contributed by atoms with Gasteiger partial charge in [0.25, 0.3) is 0 Å². The second-order valence-corrected chi connectivity index (χ2v) is 7.92. The van der Waals surface area contributed by atoms with Crippen molar-refractivity contribution in [3.63, 3.8) is 0 Å². The lowest BCUT2D eigenvalue weighted by Crippen LogP contribution is -2.40. The number of amides is 2. The first-order valence-electron chi connectivity index (χ1n) is 9.82. The molecular formula is C20H28N4O2. The van der Waals surface area contributed by atoms with E-state index < -0.39 is 11.8 Å². The molecule has 0 aromatic heterocycles. The van der Waals surface area contributed by atoms with Crippen molar-refractivity contribution in [2.75, 3.05) is 36.4 Å². The Hall–Kier alpha value is -2.08. The molecule has 0 bridgehead atoms. The molecule has 3 unspecified atom stereocenters. The summed E-state index contributed by atoms with van der Waals surface area (Å²) in [5, 5.41) is 2.75. The summed E-state index contributed by atoms with van der Waals surface area (Å²) in [5.74, 6) is -0.169. The number of piperidine rings is 1. The molecule has 2 saturated heterocycles. The van der Waals surface area contributed by atoms with Gasteiger partial charge in [-0.1, -0.05) is 0 Å². The van der Waals surface area contributed by atoms with E-state index >= 15 is 0 Å². The molecule has 2 amide bonds. The van der Waals surface area contributed by atoms with Crippen molar-refractivity contribution in [2.24, 2.45) is 17.6 Å². The Balaban J connectivity index is 1.33. The first kappa shape index (κ1) is 17.3. The molecule has 2 aliphatic heterocycles. The van der Waals surface area contributed by atoms with Gasteiger partial charge in [-0.3, -0.25) is 9.59 Å². The van der Waals surface area contributed by atoms with Crippen molar-refractivity contribution in [1.29, 1.82) is 0 Å². The minimum Gasteiger partial charge on any atom is -0.372 e. The van der Waals surface area contributed by atoms with E-state index in [-0.39, 0.29) is 6.04 Å². The smallest absolute Gasteiger partial charge is 0.313 e. The van der Waals surface area contributed by atoms with E-state index in [4.69, 9.17) is 5.73 Å². The number of likely N-dealkylation sites (tertiary alicyclic amines) is 1. The maximum atomic E-state index is 12.5. The maximum absolute atomic E-state index is 12.5. The Morgan fingerprint density at radius 1 is 1.00 bits per heavy atom. The molecule has 4 rings (SSSR count). The summed E-state index contributed by atoms with van der Waals surface area (Å²) in [6, 6.07) is 7.96. The van der Waals surface area contributed by atoms with Crippen LogP contribution < -0.4 is 16.0 Å². The number of rotatable bonds is 2. The number of anilines is 2. The maximum Gasteiger partial charge on any atom is 0.313 e. The molecule has 140 valence electrons. The SMILES string of the molecule is NC1CCC2CN(C(=O)C(=O)Nc3ccc(N4CCCCC4)cc3)CC12. The van der Waals surface area contributed by atoms with Crippen LogP contribution in [0.3, 0.4) is 0 Å². The van der Waals surface area contributed by atoms with E-state index in [9.17, 15) is 9.59 Å². The molecule has 6 nitrogen and oxygen atoms in total. The van der Waals surface area contributed by atoms with Crippen LogP contribution in [-0.2, 0) is 9.59 Å². The average Bonchev–Trinajstić information content (AvgIpc) is 3.24. The molecule has 1 saturated carbocycles. The van der Waals surface area contributed by atoms with E-state index in [1.807, 2.05) is 24.3 Å². The number of benzene rings is 1. The van der Waals surface area contributed by atoms with Gasteiger partial charge in [-0.05, 0) is 68.2 Å². The van der Waals surface area contributed by atoms with Crippen LogP contribution in [0, 0.1) is 11.8 Å². The highest BCUT2D eigenvalue weighted by Crippen LogP contribution is 2.37. The fourth-order valence-corrected chi connectivity index (χ4v) is 4.71. The van der Waals surface area contributed by atoms with Gasteiger partial charge in [0.2, 0.25) is 0 Å². The predicted molar refractivity (Wildman–Crippen MR) is 102 cm³/mol. The molecule has 3 fully saturated rings. The number of nitrogens with two attached hydrogens (primary N) is 1. The van der Waals surface area contributed by atoms with Crippen LogP contribution in [0.2, 0.25) is 0 Å². The number of hydrogen-bond donors (Lipinski definition) is 2. The van der Waals surface area contributed by atoms with Crippen LogP contribution >= 0.6 is 0 Å². The molecule has 6 heteroatoms. The quantitative estimate of drug-likeness (QED) is 0.792. The lowest BCUT2D eigenvalue weighted by molar-refractivity contribution is -0.142. The zero-order valence-electron chi connectivity index (χ0n) is 15.2. The van der Waals surface area contributed by atoms with E-state index in [1.54, 1.807) is 4.90 Å². The van der Waals surface area contributed by atoms with Crippen molar-refractivity contribution in [1.82, 2.24) is 4.90 Å². The minimum atomic E-state index is -0.552. The van der Waals surface area contributed by atoms with Crippen molar-refractivity contribution in [3.8, 4) is 0 Å². The van der Waals surface area contributed by atoms with Crippen LogP contribution in [0.15, 0.2) is 24.3 Å². The first-order chi connectivity index (χ1) is 12.6. The molecule has 3 aliphatic rings. The molecule has 26 heavy (non-hydrogen) atoms. The van der Waals surface area contributed by atoms with Crippen LogP contribution in [0.1, 0.15) is 32.1 Å². The van der Waals surface area contributed by atoms with Crippen molar-refractivity contribution >= 4 is 23.2 Å². The number of carbonyl (C=O) groups is 2. The molecule has 3 N–H and O–H groups in total. The lowest BCUT2D eigenvalue weighted by atomic mass is 9.98. The monoisotopic (exact) mass is 356 g/mol. The highest BCUT2D eigenvalue weighted by atomic mass is 16.2. The standard InChI is InChI=1S/C20H28N4O2/c21-18-9-4-14-12-24(13-17(14)18)20(26)19(25)22-15-5-7-16(8-6-15)23-10-2-1-3-11-23/h5-8,14,17-18H,1-4,9-13,21H2,(H,22,25). The van der Waals surface area contributed by atoms with Gasteiger partial charge in [-0.25, -0.2) is 0 Å². The third-order valence-electron chi connectivity index (χ3n) is 6.24. The molecule has 1 aliphatic carbocycles. The normalized spacial score (nSPS) is 28.1. The second kappa shape index (κ2) is 7.27. The van der Waals surface area contributed by atoms with Crippen LogP contribution in [-0.4, -0.2) is 48.9 Å². The fraction of sp³-hybridized carbons (Fsp3) is 0.600. The highest BCUT2D eigenvalue weighted by molar-refractivity contribution is 6.39. The predicted octanol–water partition coefficient (Wildman–Crippen LogP) is 1.81. The van der Waals surface area contributed by atoms with Crippen molar-refractivity contribution < 1.29 is 9.59 Å². The number of nitrogens with zero attached hydrogens (tertiary/aromatic N) is 2. The minimum absolute atomic E-state index is 0.170.